The Labute approximate surface area is 157 Å². The van der Waals surface area contributed by atoms with Crippen LogP contribution in [0.2, 0.25) is 0 Å². The molecule has 1 unspecified atom stereocenters. The van der Waals surface area contributed by atoms with Crippen LogP contribution in [0.15, 0.2) is 53.4 Å². The van der Waals surface area contributed by atoms with Crippen LogP contribution in [0.4, 0.5) is 5.69 Å². The molecule has 2 amide bonds. The molecule has 8 nitrogen and oxygen atoms in total. The van der Waals surface area contributed by atoms with Crippen molar-refractivity contribution < 1.29 is 22.7 Å². The summed E-state index contributed by atoms with van der Waals surface area (Å²) in [5.74, 6) is -0.328. The van der Waals surface area contributed by atoms with E-state index in [-0.39, 0.29) is 17.4 Å². The number of amides is 2. The molecule has 9 heteroatoms. The van der Waals surface area contributed by atoms with Crippen molar-refractivity contribution in [1.82, 2.24) is 5.32 Å². The van der Waals surface area contributed by atoms with Crippen LogP contribution in [0.1, 0.15) is 5.56 Å². The average molecular weight is 389 g/mol. The summed E-state index contributed by atoms with van der Waals surface area (Å²) < 4.78 is 27.8. The zero-order chi connectivity index (χ0) is 19.6. The molecule has 0 fully saturated rings. The van der Waals surface area contributed by atoms with Gasteiger partial charge in [0.15, 0.2) is 6.61 Å². The summed E-state index contributed by atoms with van der Waals surface area (Å²) in [4.78, 5) is 26.1. The maximum Gasteiger partial charge on any atom is 0.258 e. The van der Waals surface area contributed by atoms with E-state index in [1.807, 2.05) is 24.3 Å². The van der Waals surface area contributed by atoms with Crippen molar-refractivity contribution in [1.29, 1.82) is 0 Å². The maximum absolute atomic E-state index is 12.4. The first-order valence-corrected chi connectivity index (χ1v) is 9.71. The molecule has 142 valence electrons. The number of nitrogens with one attached hydrogen (secondary N) is 1. The van der Waals surface area contributed by atoms with E-state index in [4.69, 9.17) is 9.88 Å². The third-order valence-corrected chi connectivity index (χ3v) is 5.19. The number of sulfonamides is 1. The Morgan fingerprint density at radius 2 is 1.89 bits per heavy atom. The highest BCUT2D eigenvalue weighted by atomic mass is 32.2. The van der Waals surface area contributed by atoms with Crippen molar-refractivity contribution >= 4 is 27.5 Å². The van der Waals surface area contributed by atoms with Crippen molar-refractivity contribution in [2.45, 2.75) is 17.4 Å². The van der Waals surface area contributed by atoms with Crippen LogP contribution in [0.3, 0.4) is 0 Å². The van der Waals surface area contributed by atoms with Gasteiger partial charge < -0.3 is 15.0 Å². The number of carbonyl (C=O) groups is 2. The molecule has 3 rings (SSSR count). The number of primary sulfonamides is 1. The predicted octanol–water partition coefficient (Wildman–Crippen LogP) is 0.417. The van der Waals surface area contributed by atoms with Crippen molar-refractivity contribution in [3.63, 3.8) is 0 Å². The molecule has 0 radical (unpaired) electrons. The second-order valence-electron chi connectivity index (χ2n) is 6.16. The Balaban J connectivity index is 1.59. The van der Waals surface area contributed by atoms with E-state index in [0.717, 1.165) is 11.3 Å². The first-order valence-electron chi connectivity index (χ1n) is 8.16. The van der Waals surface area contributed by atoms with E-state index >= 15 is 0 Å². The number of rotatable bonds is 5. The monoisotopic (exact) mass is 389 g/mol. The maximum atomic E-state index is 12.4. The molecular formula is C18H19N3O5S. The second-order valence-corrected chi connectivity index (χ2v) is 7.72. The second kappa shape index (κ2) is 7.37. The minimum Gasteiger partial charge on any atom is -0.484 e. The number of nitrogens with zero attached hydrogens (tertiary/aromatic N) is 1. The molecule has 0 aliphatic carbocycles. The molecule has 2 aromatic rings. The summed E-state index contributed by atoms with van der Waals surface area (Å²) >= 11 is 0. The van der Waals surface area contributed by atoms with Crippen LogP contribution in [-0.2, 0) is 26.0 Å². The van der Waals surface area contributed by atoms with E-state index in [9.17, 15) is 18.0 Å². The van der Waals surface area contributed by atoms with Crippen molar-refractivity contribution in [3.8, 4) is 5.75 Å². The van der Waals surface area contributed by atoms with Gasteiger partial charge in [-0.2, -0.15) is 0 Å². The fourth-order valence-electron chi connectivity index (χ4n) is 2.89. The van der Waals surface area contributed by atoms with Gasteiger partial charge in [-0.15, -0.1) is 0 Å². The van der Waals surface area contributed by atoms with Gasteiger partial charge >= 0.3 is 0 Å². The summed E-state index contributed by atoms with van der Waals surface area (Å²) in [5, 5.41) is 7.70. The lowest BCUT2D eigenvalue weighted by Gasteiger charge is -2.31. The molecule has 1 atom stereocenters. The van der Waals surface area contributed by atoms with Gasteiger partial charge in [-0.3, -0.25) is 9.59 Å². The summed E-state index contributed by atoms with van der Waals surface area (Å²) in [6.45, 7) is -0.302. The molecule has 0 bridgehead atoms. The van der Waals surface area contributed by atoms with Crippen LogP contribution in [0, 0.1) is 0 Å². The number of carbonyl (C=O) groups excluding carboxylic acids is 2. The number of likely N-dealkylation sites (N-methyl/N-ethyl adjacent to an activating group) is 1. The number of anilines is 1. The smallest absolute Gasteiger partial charge is 0.258 e. The van der Waals surface area contributed by atoms with E-state index in [1.54, 1.807) is 7.05 Å². The Morgan fingerprint density at radius 1 is 1.22 bits per heavy atom. The summed E-state index contributed by atoms with van der Waals surface area (Å²) in [5.41, 5.74) is 1.81. The normalized spacial score (nSPS) is 16.6. The third kappa shape index (κ3) is 4.26. The van der Waals surface area contributed by atoms with E-state index < -0.39 is 22.0 Å². The van der Waals surface area contributed by atoms with E-state index in [1.165, 1.54) is 29.2 Å². The number of benzene rings is 2. The number of nitrogens with two attached hydrogens (primary N) is 1. The highest BCUT2D eigenvalue weighted by Crippen LogP contribution is 2.26. The van der Waals surface area contributed by atoms with Gasteiger partial charge in [0, 0.05) is 19.2 Å². The Kier molecular flexibility index (Phi) is 5.15. The molecule has 0 spiro atoms. The molecule has 27 heavy (non-hydrogen) atoms. The lowest BCUT2D eigenvalue weighted by molar-refractivity contribution is -0.128. The zero-order valence-corrected chi connectivity index (χ0v) is 15.4. The summed E-state index contributed by atoms with van der Waals surface area (Å²) in [6.07, 6.45) is 0.411. The van der Waals surface area contributed by atoms with E-state index in [0.29, 0.717) is 12.2 Å². The lowest BCUT2D eigenvalue weighted by atomic mass is 9.97. The first kappa shape index (κ1) is 18.9. The van der Waals surface area contributed by atoms with Crippen LogP contribution in [0.5, 0.6) is 5.75 Å². The van der Waals surface area contributed by atoms with Crippen LogP contribution < -0.4 is 20.1 Å². The summed E-state index contributed by atoms with van der Waals surface area (Å²) in [6, 6.07) is 12.3. The lowest BCUT2D eigenvalue weighted by Crippen LogP contribution is -2.52. The fraction of sp³-hybridized carbons (Fsp3) is 0.222. The summed E-state index contributed by atoms with van der Waals surface area (Å²) in [7, 11) is -2.11. The van der Waals surface area contributed by atoms with Gasteiger partial charge in [-0.25, -0.2) is 13.6 Å². The molecule has 2 aromatic carbocycles. The van der Waals surface area contributed by atoms with Crippen LogP contribution >= 0.6 is 0 Å². The van der Waals surface area contributed by atoms with Crippen molar-refractivity contribution in [3.05, 3.63) is 54.1 Å². The molecule has 1 heterocycles. The topological polar surface area (TPSA) is 119 Å². The molecular weight excluding hydrogens is 370 g/mol. The third-order valence-electron chi connectivity index (χ3n) is 4.26. The van der Waals surface area contributed by atoms with Gasteiger partial charge in [0.1, 0.15) is 11.8 Å². The molecule has 0 saturated carbocycles. The van der Waals surface area contributed by atoms with Crippen LogP contribution in [-0.4, -0.2) is 39.9 Å². The molecule has 0 aromatic heterocycles. The van der Waals surface area contributed by atoms with Gasteiger partial charge in [0.25, 0.3) is 5.91 Å². The average Bonchev–Trinajstić information content (AvgIpc) is 2.64. The quantitative estimate of drug-likeness (QED) is 0.768. The molecule has 3 N–H and O–H groups in total. The minimum absolute atomic E-state index is 0.0474. The molecule has 1 aliphatic rings. The van der Waals surface area contributed by atoms with Crippen molar-refractivity contribution in [2.75, 3.05) is 18.6 Å². The highest BCUT2D eigenvalue weighted by molar-refractivity contribution is 7.89. The predicted molar refractivity (Wildman–Crippen MR) is 98.8 cm³/mol. The van der Waals surface area contributed by atoms with Gasteiger partial charge in [0.2, 0.25) is 15.9 Å². The molecule has 1 aliphatic heterocycles. The SMILES string of the molecule is CN1C(=O)C(NC(=O)COc2ccc(S(N)(=O)=O)cc2)Cc2ccccc21. The number of hydrogen-bond donors (Lipinski definition) is 2. The van der Waals surface area contributed by atoms with Gasteiger partial charge in [0.05, 0.1) is 4.90 Å². The Bertz CT molecular complexity index is 973. The number of fused-ring (bicyclic) bond motifs is 1. The minimum atomic E-state index is -3.78. The fourth-order valence-corrected chi connectivity index (χ4v) is 3.41. The molecule has 0 saturated heterocycles. The number of para-hydroxylation sites is 1. The standard InChI is InChI=1S/C18H19N3O5S/c1-21-16-5-3-2-4-12(16)10-15(18(21)23)20-17(22)11-26-13-6-8-14(9-7-13)27(19,24)25/h2-9,15H,10-11H2,1H3,(H,20,22)(H2,19,24,25). The largest absolute Gasteiger partial charge is 0.484 e. The Morgan fingerprint density at radius 3 is 2.56 bits per heavy atom. The van der Waals surface area contributed by atoms with Crippen LogP contribution in [0.25, 0.3) is 0 Å². The van der Waals surface area contributed by atoms with Crippen molar-refractivity contribution in [2.24, 2.45) is 5.14 Å². The Hall–Kier alpha value is -2.91. The first-order chi connectivity index (χ1) is 12.8. The number of ether oxygens (including phenoxy) is 1. The van der Waals surface area contributed by atoms with E-state index in [2.05, 4.69) is 5.32 Å². The highest BCUT2D eigenvalue weighted by Gasteiger charge is 2.31. The zero-order valence-electron chi connectivity index (χ0n) is 14.6. The van der Waals surface area contributed by atoms with Gasteiger partial charge in [-0.1, -0.05) is 18.2 Å². The number of hydrogen-bond acceptors (Lipinski definition) is 5. The van der Waals surface area contributed by atoms with Gasteiger partial charge in [-0.05, 0) is 35.9 Å².